The summed E-state index contributed by atoms with van der Waals surface area (Å²) in [5, 5.41) is 2.85. The summed E-state index contributed by atoms with van der Waals surface area (Å²) in [6.07, 6.45) is 2.31. The third kappa shape index (κ3) is 5.70. The van der Waals surface area contributed by atoms with Crippen molar-refractivity contribution < 1.29 is 27.4 Å². The highest BCUT2D eigenvalue weighted by Crippen LogP contribution is 2.31. The maximum atomic E-state index is 13.2. The summed E-state index contributed by atoms with van der Waals surface area (Å²) in [6, 6.07) is 12.0. The average Bonchev–Trinajstić information content (AvgIpc) is 3.37. The zero-order valence-electron chi connectivity index (χ0n) is 18.5. The minimum absolute atomic E-state index is 0.0192. The molecule has 0 unspecified atom stereocenters. The maximum Gasteiger partial charge on any atom is 0.256 e. The molecule has 0 spiro atoms. The minimum atomic E-state index is -3.79. The number of nitrogens with zero attached hydrogens (tertiary/aromatic N) is 1. The molecule has 2 aromatic rings. The molecule has 10 heteroatoms. The molecule has 0 saturated carbocycles. The van der Waals surface area contributed by atoms with Crippen LogP contribution in [0.25, 0.3) is 0 Å². The van der Waals surface area contributed by atoms with Gasteiger partial charge in [0, 0.05) is 36.0 Å². The lowest BCUT2D eigenvalue weighted by molar-refractivity contribution is 0.0729. The second-order valence-corrected chi connectivity index (χ2v) is 10.7. The second-order valence-electron chi connectivity index (χ2n) is 7.78. The molecule has 0 bridgehead atoms. The number of hydrogen-bond donors (Lipinski definition) is 1. The number of thioether (sulfide) groups is 1. The van der Waals surface area contributed by atoms with E-state index in [1.165, 1.54) is 17.5 Å². The van der Waals surface area contributed by atoms with Crippen LogP contribution in [0.5, 0.6) is 5.75 Å². The average molecular weight is 493 g/mol. The predicted octanol–water partition coefficient (Wildman–Crippen LogP) is 3.24. The summed E-state index contributed by atoms with van der Waals surface area (Å²) in [6.45, 7) is 2.03. The van der Waals surface area contributed by atoms with Gasteiger partial charge in [-0.05, 0) is 43.2 Å². The molecule has 0 radical (unpaired) electrons. The van der Waals surface area contributed by atoms with Gasteiger partial charge in [-0.1, -0.05) is 12.1 Å². The zero-order chi connectivity index (χ0) is 23.3. The van der Waals surface area contributed by atoms with Gasteiger partial charge in [0.2, 0.25) is 10.0 Å². The van der Waals surface area contributed by atoms with Gasteiger partial charge in [-0.25, -0.2) is 8.42 Å². The normalized spacial score (nSPS) is 19.4. The Morgan fingerprint density at radius 2 is 1.97 bits per heavy atom. The first-order valence-electron chi connectivity index (χ1n) is 10.9. The van der Waals surface area contributed by atoms with Gasteiger partial charge in [0.05, 0.1) is 32.0 Å². The Kier molecular flexibility index (Phi) is 7.92. The Morgan fingerprint density at radius 1 is 1.18 bits per heavy atom. The SMILES string of the molecule is COc1ccc(NC(=O)c2ccccc2SC[C@H]2CCCO2)cc1S(=O)(=O)N1CCOCC1. The van der Waals surface area contributed by atoms with Gasteiger partial charge in [-0.15, -0.1) is 11.8 Å². The quantitative estimate of drug-likeness (QED) is 0.566. The molecular weight excluding hydrogens is 464 g/mol. The second kappa shape index (κ2) is 10.9. The maximum absolute atomic E-state index is 13.2. The number of rotatable bonds is 8. The van der Waals surface area contributed by atoms with Gasteiger partial charge in [0.15, 0.2) is 0 Å². The fraction of sp³-hybridized carbons (Fsp3) is 0.435. The molecule has 2 saturated heterocycles. The number of anilines is 1. The number of hydrogen-bond acceptors (Lipinski definition) is 7. The van der Waals surface area contributed by atoms with Crippen molar-refractivity contribution in [2.24, 2.45) is 0 Å². The van der Waals surface area contributed by atoms with Gasteiger partial charge in [-0.2, -0.15) is 4.31 Å². The molecular formula is C23H28N2O6S2. The van der Waals surface area contributed by atoms with Crippen LogP contribution in [0.3, 0.4) is 0 Å². The van der Waals surface area contributed by atoms with E-state index in [0.29, 0.717) is 24.5 Å². The van der Waals surface area contributed by atoms with Crippen LogP contribution in [0.1, 0.15) is 23.2 Å². The van der Waals surface area contributed by atoms with E-state index in [9.17, 15) is 13.2 Å². The third-order valence-electron chi connectivity index (χ3n) is 5.59. The van der Waals surface area contributed by atoms with Gasteiger partial charge in [-0.3, -0.25) is 4.79 Å². The Morgan fingerprint density at radius 3 is 2.70 bits per heavy atom. The van der Waals surface area contributed by atoms with Crippen molar-refractivity contribution in [1.82, 2.24) is 4.31 Å². The van der Waals surface area contributed by atoms with Crippen molar-refractivity contribution in [3.05, 3.63) is 48.0 Å². The van der Waals surface area contributed by atoms with E-state index in [0.717, 1.165) is 30.1 Å². The fourth-order valence-electron chi connectivity index (χ4n) is 3.82. The van der Waals surface area contributed by atoms with Crippen molar-refractivity contribution in [2.75, 3.05) is 51.1 Å². The highest BCUT2D eigenvalue weighted by molar-refractivity contribution is 7.99. The molecule has 2 aliphatic rings. The van der Waals surface area contributed by atoms with Gasteiger partial charge >= 0.3 is 0 Å². The summed E-state index contributed by atoms with van der Waals surface area (Å²) < 4.78 is 44.0. The highest BCUT2D eigenvalue weighted by atomic mass is 32.2. The molecule has 4 rings (SSSR count). The van der Waals surface area contributed by atoms with Crippen LogP contribution < -0.4 is 10.1 Å². The number of benzene rings is 2. The lowest BCUT2D eigenvalue weighted by Gasteiger charge is -2.26. The van der Waals surface area contributed by atoms with E-state index in [1.54, 1.807) is 30.0 Å². The first-order valence-corrected chi connectivity index (χ1v) is 13.3. The van der Waals surface area contributed by atoms with Crippen molar-refractivity contribution in [3.8, 4) is 5.75 Å². The van der Waals surface area contributed by atoms with Crippen molar-refractivity contribution in [3.63, 3.8) is 0 Å². The topological polar surface area (TPSA) is 94.2 Å². The van der Waals surface area contributed by atoms with Crippen molar-refractivity contribution in [2.45, 2.75) is 28.7 Å². The number of amides is 1. The van der Waals surface area contributed by atoms with Crippen LogP contribution >= 0.6 is 11.8 Å². The van der Waals surface area contributed by atoms with Crippen LogP contribution in [0.2, 0.25) is 0 Å². The Labute approximate surface area is 198 Å². The standard InChI is InChI=1S/C23H28N2O6S2/c1-29-20-9-8-17(15-22(20)33(27,28)25-10-13-30-14-11-25)24-23(26)19-6-2-3-7-21(19)32-16-18-5-4-12-31-18/h2-3,6-9,15,18H,4-5,10-14,16H2,1H3,(H,24,26)/t18-/m1/s1. The van der Waals surface area contributed by atoms with Crippen LogP contribution in [0, 0.1) is 0 Å². The van der Waals surface area contributed by atoms with Gasteiger partial charge in [0.25, 0.3) is 5.91 Å². The predicted molar refractivity (Wildman–Crippen MR) is 127 cm³/mol. The molecule has 0 aromatic heterocycles. The fourth-order valence-corrected chi connectivity index (χ4v) is 6.53. The summed E-state index contributed by atoms with van der Waals surface area (Å²) >= 11 is 1.60. The zero-order valence-corrected chi connectivity index (χ0v) is 20.1. The molecule has 2 aliphatic heterocycles. The monoisotopic (exact) mass is 492 g/mol. The first-order chi connectivity index (χ1) is 16.0. The number of ether oxygens (including phenoxy) is 3. The van der Waals surface area contributed by atoms with E-state index in [-0.39, 0.29) is 35.7 Å². The van der Waals surface area contributed by atoms with E-state index >= 15 is 0 Å². The Bertz CT molecular complexity index is 1080. The lowest BCUT2D eigenvalue weighted by atomic mass is 10.2. The number of carbonyl (C=O) groups is 1. The summed E-state index contributed by atoms with van der Waals surface area (Å²) in [7, 11) is -2.37. The smallest absolute Gasteiger partial charge is 0.256 e. The molecule has 33 heavy (non-hydrogen) atoms. The van der Waals surface area contributed by atoms with Crippen LogP contribution in [-0.4, -0.2) is 70.5 Å². The summed E-state index contributed by atoms with van der Waals surface area (Å²) in [4.78, 5) is 14.0. The Hall–Kier alpha value is -2.11. The van der Waals surface area contributed by atoms with Crippen LogP contribution in [0.4, 0.5) is 5.69 Å². The molecule has 0 aliphatic carbocycles. The first kappa shape index (κ1) is 24.0. The van der Waals surface area contributed by atoms with Crippen LogP contribution in [-0.2, 0) is 19.5 Å². The number of carbonyl (C=O) groups excluding carboxylic acids is 1. The molecule has 2 heterocycles. The number of sulfonamides is 1. The number of methoxy groups -OCH3 is 1. The van der Waals surface area contributed by atoms with E-state index in [1.807, 2.05) is 18.2 Å². The molecule has 2 aromatic carbocycles. The molecule has 1 N–H and O–H groups in total. The van der Waals surface area contributed by atoms with E-state index < -0.39 is 10.0 Å². The molecule has 1 atom stereocenters. The summed E-state index contributed by atoms with van der Waals surface area (Å²) in [5.74, 6) is 0.715. The third-order valence-corrected chi connectivity index (χ3v) is 8.72. The lowest BCUT2D eigenvalue weighted by Crippen LogP contribution is -2.40. The number of morpholine rings is 1. The number of nitrogens with one attached hydrogen (secondary N) is 1. The minimum Gasteiger partial charge on any atom is -0.495 e. The van der Waals surface area contributed by atoms with Gasteiger partial charge in [0.1, 0.15) is 10.6 Å². The largest absolute Gasteiger partial charge is 0.495 e. The van der Waals surface area contributed by atoms with Crippen LogP contribution in [0.15, 0.2) is 52.3 Å². The van der Waals surface area contributed by atoms with E-state index in [2.05, 4.69) is 5.32 Å². The van der Waals surface area contributed by atoms with E-state index in [4.69, 9.17) is 14.2 Å². The summed E-state index contributed by atoms with van der Waals surface area (Å²) in [5.41, 5.74) is 0.917. The highest BCUT2D eigenvalue weighted by Gasteiger charge is 2.30. The molecule has 8 nitrogen and oxygen atoms in total. The molecule has 2 fully saturated rings. The van der Waals surface area contributed by atoms with Crippen molar-refractivity contribution >= 4 is 33.4 Å². The molecule has 178 valence electrons. The molecule has 1 amide bonds. The van der Waals surface area contributed by atoms with Gasteiger partial charge < -0.3 is 19.5 Å². The van der Waals surface area contributed by atoms with Crippen molar-refractivity contribution in [1.29, 1.82) is 0 Å². The Balaban J connectivity index is 1.53.